The second-order valence-electron chi connectivity index (χ2n) is 7.77. The zero-order chi connectivity index (χ0) is 28.2. The molecule has 3 rings (SSSR count). The van der Waals surface area contributed by atoms with E-state index in [1.54, 1.807) is 19.1 Å². The molecule has 0 saturated heterocycles. The first-order valence-electron chi connectivity index (χ1n) is 11.2. The molecule has 9 nitrogen and oxygen atoms in total. The largest absolute Gasteiger partial charge is 0.494 e. The van der Waals surface area contributed by atoms with Gasteiger partial charge in [-0.05, 0) is 55.4 Å². The summed E-state index contributed by atoms with van der Waals surface area (Å²) in [5.41, 5.74) is 0.996. The summed E-state index contributed by atoms with van der Waals surface area (Å²) < 4.78 is 37.2. The zero-order valence-electron chi connectivity index (χ0n) is 21.0. The molecule has 1 heterocycles. The molecule has 1 aromatic heterocycles. The number of hydrogen-bond acceptors (Lipinski definition) is 7. The van der Waals surface area contributed by atoms with E-state index in [1.807, 2.05) is 7.05 Å². The molecule has 0 aliphatic carbocycles. The number of benzene rings is 2. The molecule has 0 amide bonds. The third-order valence-electron chi connectivity index (χ3n) is 4.96. The highest BCUT2D eigenvalue weighted by Crippen LogP contribution is 2.25. The van der Waals surface area contributed by atoms with E-state index in [2.05, 4.69) is 21.9 Å². The van der Waals surface area contributed by atoms with Crippen LogP contribution in [0.4, 0.5) is 8.78 Å². The molecule has 0 bridgehead atoms. The van der Waals surface area contributed by atoms with Crippen molar-refractivity contribution in [1.29, 1.82) is 0 Å². The van der Waals surface area contributed by atoms with E-state index in [9.17, 15) is 23.2 Å². The van der Waals surface area contributed by atoms with Crippen LogP contribution < -0.4 is 20.3 Å². The van der Waals surface area contributed by atoms with E-state index in [1.165, 1.54) is 37.5 Å². The lowest BCUT2D eigenvalue weighted by Crippen LogP contribution is -2.14. The Morgan fingerprint density at radius 3 is 2.53 bits per heavy atom. The molecule has 0 fully saturated rings. The minimum absolute atomic E-state index is 0.0114. The summed E-state index contributed by atoms with van der Waals surface area (Å²) in [5, 5.41) is 11.8. The van der Waals surface area contributed by atoms with Gasteiger partial charge < -0.3 is 24.9 Å². The second kappa shape index (κ2) is 14.2. The fraction of sp³-hybridized carbons (Fsp3) is 0.185. The van der Waals surface area contributed by atoms with E-state index in [0.717, 1.165) is 18.2 Å². The number of carbonyl (C=O) groups is 2. The van der Waals surface area contributed by atoms with Gasteiger partial charge in [-0.3, -0.25) is 9.59 Å². The van der Waals surface area contributed by atoms with Crippen molar-refractivity contribution in [3.8, 4) is 11.5 Å². The van der Waals surface area contributed by atoms with Gasteiger partial charge in [0.05, 0.1) is 18.2 Å². The minimum atomic E-state index is -1.13. The van der Waals surface area contributed by atoms with Gasteiger partial charge in [-0.1, -0.05) is 24.8 Å². The lowest BCUT2D eigenvalue weighted by Gasteiger charge is -2.10. The Hall–Kier alpha value is -4.64. The number of aromatic amines is 1. The number of aromatic nitrogens is 2. The summed E-state index contributed by atoms with van der Waals surface area (Å²) >= 11 is 0. The molecule has 2 aromatic carbocycles. The lowest BCUT2D eigenvalue weighted by atomic mass is 10.2. The van der Waals surface area contributed by atoms with Crippen LogP contribution in [0.25, 0.3) is 10.9 Å². The first-order chi connectivity index (χ1) is 18.1. The summed E-state index contributed by atoms with van der Waals surface area (Å²) in [7, 11) is 3.30. The summed E-state index contributed by atoms with van der Waals surface area (Å²) in [4.78, 5) is 39.9. The van der Waals surface area contributed by atoms with Crippen molar-refractivity contribution in [2.45, 2.75) is 13.5 Å². The van der Waals surface area contributed by atoms with Crippen LogP contribution in [0.15, 0.2) is 71.1 Å². The molecule has 0 aliphatic heterocycles. The molecule has 200 valence electrons. The van der Waals surface area contributed by atoms with Gasteiger partial charge in [-0.25, -0.2) is 18.6 Å². The Morgan fingerprint density at radius 2 is 1.92 bits per heavy atom. The van der Waals surface area contributed by atoms with Gasteiger partial charge >= 0.3 is 5.97 Å². The number of fused-ring (bicyclic) bond motifs is 1. The number of carboxylic acid groups (broad SMARTS) is 1. The van der Waals surface area contributed by atoms with Crippen LogP contribution >= 0.6 is 0 Å². The monoisotopic (exact) mass is 527 g/mol. The Labute approximate surface area is 217 Å². The molecule has 0 radical (unpaired) electrons. The van der Waals surface area contributed by atoms with Crippen molar-refractivity contribution in [1.82, 2.24) is 15.3 Å². The number of ether oxygens (including phenoxy) is 2. The fourth-order valence-corrected chi connectivity index (χ4v) is 3.10. The number of nitrogens with one attached hydrogen (secondary N) is 2. The number of nitrogens with zero attached hydrogens (tertiary/aromatic N) is 1. The van der Waals surface area contributed by atoms with E-state index >= 15 is 0 Å². The summed E-state index contributed by atoms with van der Waals surface area (Å²) in [5.74, 6) is -2.39. The van der Waals surface area contributed by atoms with Crippen molar-refractivity contribution in [3.05, 3.63) is 99.7 Å². The van der Waals surface area contributed by atoms with E-state index in [0.29, 0.717) is 17.6 Å². The lowest BCUT2D eigenvalue weighted by molar-refractivity contribution is -0.132. The van der Waals surface area contributed by atoms with E-state index < -0.39 is 17.3 Å². The van der Waals surface area contributed by atoms with Crippen molar-refractivity contribution >= 4 is 23.2 Å². The summed E-state index contributed by atoms with van der Waals surface area (Å²) in [6.07, 6.45) is 4.39. The van der Waals surface area contributed by atoms with Crippen molar-refractivity contribution in [3.63, 3.8) is 0 Å². The smallest absolute Gasteiger partial charge is 0.335 e. The maximum Gasteiger partial charge on any atom is 0.335 e. The van der Waals surface area contributed by atoms with Crippen LogP contribution in [0.1, 0.15) is 23.1 Å². The first kappa shape index (κ1) is 29.6. The van der Waals surface area contributed by atoms with Gasteiger partial charge in [0, 0.05) is 6.54 Å². The normalized spacial score (nSPS) is 11.4. The molecular formula is C27H27F2N3O6. The summed E-state index contributed by atoms with van der Waals surface area (Å²) in [6.45, 7) is 5.67. The second-order valence-corrected chi connectivity index (χ2v) is 7.77. The maximum atomic E-state index is 14.1. The number of methoxy groups -OCH3 is 1. The highest BCUT2D eigenvalue weighted by molar-refractivity contribution is 5.90. The average Bonchev–Trinajstić information content (AvgIpc) is 2.89. The Bertz CT molecular complexity index is 1450. The predicted octanol–water partition coefficient (Wildman–Crippen LogP) is 3.95. The number of allylic oxidation sites excluding steroid dienone is 2. The standard InChI is InChI=1S/C18H15FN2O5.C9H12FNO/c1-3-11(18(24)25)5-4-10(2)9-26-16-12(19)6-7-13-15(16)17(23)21-14(8-22)20-13;1-11-6-7-3-4-8(10)9(5-7)12-2/h3-8H,1,9H2,2H3,(H,24,25)(H,20,21,23);3-5,11H,6H2,1-2H3/b10-4+,11-5+;. The van der Waals surface area contributed by atoms with Crippen LogP contribution in [-0.4, -0.2) is 48.1 Å². The molecule has 11 heteroatoms. The number of aliphatic carboxylic acids is 1. The molecule has 38 heavy (non-hydrogen) atoms. The highest BCUT2D eigenvalue weighted by atomic mass is 19.1. The quantitative estimate of drug-likeness (QED) is 0.205. The minimum Gasteiger partial charge on any atom is -0.494 e. The number of rotatable bonds is 10. The summed E-state index contributed by atoms with van der Waals surface area (Å²) in [6, 6.07) is 7.18. The Balaban J connectivity index is 0.000000352. The molecule has 3 N–H and O–H groups in total. The number of halogens is 2. The fourth-order valence-electron chi connectivity index (χ4n) is 3.10. The number of H-pyrrole nitrogens is 1. The topological polar surface area (TPSA) is 131 Å². The van der Waals surface area contributed by atoms with Crippen LogP contribution in [0.3, 0.4) is 0 Å². The SMILES string of the molecule is C=C/C(=C\C=C(/C)COc1c(F)ccc2nc(C=O)[nH]c(=O)c12)C(=O)O.CNCc1ccc(F)c(OC)c1. The van der Waals surface area contributed by atoms with Crippen molar-refractivity contribution in [2.24, 2.45) is 0 Å². The Kier molecular flexibility index (Phi) is 11.0. The van der Waals surface area contributed by atoms with Crippen LogP contribution in [0.2, 0.25) is 0 Å². The first-order valence-corrected chi connectivity index (χ1v) is 11.2. The number of carboxylic acids is 1. The van der Waals surface area contributed by atoms with E-state index in [-0.39, 0.29) is 40.5 Å². The predicted molar refractivity (Wildman–Crippen MR) is 139 cm³/mol. The van der Waals surface area contributed by atoms with Crippen molar-refractivity contribution in [2.75, 3.05) is 20.8 Å². The molecule has 3 aromatic rings. The number of carbonyl (C=O) groups excluding carboxylic acids is 1. The molecule has 0 atom stereocenters. The van der Waals surface area contributed by atoms with Gasteiger partial charge in [0.2, 0.25) is 0 Å². The van der Waals surface area contributed by atoms with Crippen molar-refractivity contribution < 1.29 is 33.0 Å². The van der Waals surface area contributed by atoms with Gasteiger partial charge in [0.25, 0.3) is 5.56 Å². The molecular weight excluding hydrogens is 500 g/mol. The van der Waals surface area contributed by atoms with Gasteiger partial charge in [-0.15, -0.1) is 0 Å². The maximum absolute atomic E-state index is 14.1. The van der Waals surface area contributed by atoms with Crippen LogP contribution in [0, 0.1) is 11.6 Å². The molecule has 0 saturated carbocycles. The van der Waals surface area contributed by atoms with Crippen LogP contribution in [0.5, 0.6) is 11.5 Å². The number of hydrogen-bond donors (Lipinski definition) is 3. The Morgan fingerprint density at radius 1 is 1.21 bits per heavy atom. The number of aldehydes is 1. The molecule has 0 spiro atoms. The third-order valence-corrected chi connectivity index (χ3v) is 4.96. The average molecular weight is 528 g/mol. The molecule has 0 unspecified atom stereocenters. The zero-order valence-corrected chi connectivity index (χ0v) is 21.0. The molecule has 0 aliphatic rings. The third kappa shape index (κ3) is 7.93. The van der Waals surface area contributed by atoms with Gasteiger partial charge in [-0.2, -0.15) is 0 Å². The van der Waals surface area contributed by atoms with Gasteiger partial charge in [0.1, 0.15) is 12.0 Å². The van der Waals surface area contributed by atoms with Crippen LogP contribution in [-0.2, 0) is 11.3 Å². The highest BCUT2D eigenvalue weighted by Gasteiger charge is 2.15. The van der Waals surface area contributed by atoms with Gasteiger partial charge in [0.15, 0.2) is 35.2 Å². The van der Waals surface area contributed by atoms with E-state index in [4.69, 9.17) is 14.6 Å².